The number of benzene rings is 2. The third-order valence-electron chi connectivity index (χ3n) is 4.65. The van der Waals surface area contributed by atoms with Gasteiger partial charge in [0.05, 0.1) is 16.0 Å². The molecule has 1 saturated heterocycles. The van der Waals surface area contributed by atoms with Gasteiger partial charge in [0.1, 0.15) is 11.9 Å². The molecule has 0 aliphatic carbocycles. The number of nitrogens with zero attached hydrogens (tertiary/aromatic N) is 1. The lowest BCUT2D eigenvalue weighted by Gasteiger charge is -2.18. The van der Waals surface area contributed by atoms with Crippen molar-refractivity contribution < 1.29 is 13.7 Å². The summed E-state index contributed by atoms with van der Waals surface area (Å²) < 4.78 is 26.9. The van der Waals surface area contributed by atoms with Crippen LogP contribution in [0.5, 0.6) is 5.75 Å². The smallest absolute Gasteiger partial charge is 0.115 e. The zero-order chi connectivity index (χ0) is 17.6. The summed E-state index contributed by atoms with van der Waals surface area (Å²) in [6.07, 6.45) is 1.23. The van der Waals surface area contributed by atoms with Crippen molar-refractivity contribution in [2.75, 3.05) is 19.6 Å². The van der Waals surface area contributed by atoms with Crippen molar-refractivity contribution in [1.29, 1.82) is 0 Å². The SMILES string of the molecule is O=S(c1ccc(O)cc1)[C@H]1CCN(C[C@@H](F)CCc2ccccc2)C1. The fourth-order valence-corrected chi connectivity index (χ4v) is 4.70. The Bertz CT molecular complexity index is 693. The van der Waals surface area contributed by atoms with Gasteiger partial charge >= 0.3 is 0 Å². The minimum atomic E-state index is -1.11. The molecular weight excluding hydrogens is 337 g/mol. The van der Waals surface area contributed by atoms with Crippen molar-refractivity contribution in [1.82, 2.24) is 4.90 Å². The minimum Gasteiger partial charge on any atom is -0.508 e. The van der Waals surface area contributed by atoms with E-state index < -0.39 is 17.0 Å². The molecule has 1 N–H and O–H groups in total. The highest BCUT2D eigenvalue weighted by atomic mass is 32.2. The highest BCUT2D eigenvalue weighted by Crippen LogP contribution is 2.23. The first-order valence-electron chi connectivity index (χ1n) is 8.72. The Balaban J connectivity index is 1.46. The molecule has 0 aromatic heterocycles. The fourth-order valence-electron chi connectivity index (χ4n) is 3.25. The molecule has 0 spiro atoms. The standard InChI is InChI=1S/C20H24FNO2S/c21-17(7-6-16-4-2-1-3-5-16)14-22-13-12-20(15-22)25(24)19-10-8-18(23)9-11-19/h1-5,8-11,17,20,23H,6-7,12-15H2/t17-,20-,25?/m0/s1. The van der Waals surface area contributed by atoms with Crippen LogP contribution in [0.1, 0.15) is 18.4 Å². The van der Waals surface area contributed by atoms with Crippen molar-refractivity contribution in [2.45, 2.75) is 35.6 Å². The van der Waals surface area contributed by atoms with Crippen LogP contribution >= 0.6 is 0 Å². The zero-order valence-corrected chi connectivity index (χ0v) is 15.0. The Morgan fingerprint density at radius 3 is 2.60 bits per heavy atom. The van der Waals surface area contributed by atoms with Crippen LogP contribution in [0.25, 0.3) is 0 Å². The molecule has 3 nitrogen and oxygen atoms in total. The molecule has 2 aromatic carbocycles. The topological polar surface area (TPSA) is 40.5 Å². The summed E-state index contributed by atoms with van der Waals surface area (Å²) in [6.45, 7) is 1.87. The molecule has 0 radical (unpaired) electrons. The van der Waals surface area contributed by atoms with E-state index in [1.807, 2.05) is 30.3 Å². The van der Waals surface area contributed by atoms with Gasteiger partial charge in [-0.1, -0.05) is 30.3 Å². The molecule has 3 atom stereocenters. The van der Waals surface area contributed by atoms with Gasteiger partial charge in [-0.25, -0.2) is 4.39 Å². The number of likely N-dealkylation sites (tertiary alicyclic amines) is 1. The highest BCUT2D eigenvalue weighted by molar-refractivity contribution is 7.85. The Labute approximate surface area is 150 Å². The first kappa shape index (κ1) is 18.1. The minimum absolute atomic E-state index is 0.0332. The van der Waals surface area contributed by atoms with Crippen molar-refractivity contribution in [3.63, 3.8) is 0 Å². The van der Waals surface area contributed by atoms with Crippen LogP contribution in [0.2, 0.25) is 0 Å². The molecule has 1 unspecified atom stereocenters. The largest absolute Gasteiger partial charge is 0.508 e. The van der Waals surface area contributed by atoms with Gasteiger partial charge in [-0.2, -0.15) is 0 Å². The Kier molecular flexibility index (Phi) is 6.21. The predicted molar refractivity (Wildman–Crippen MR) is 99.0 cm³/mol. The molecule has 1 aliphatic heterocycles. The average Bonchev–Trinajstić information content (AvgIpc) is 3.09. The van der Waals surface area contributed by atoms with Crippen molar-refractivity contribution in [3.8, 4) is 5.75 Å². The van der Waals surface area contributed by atoms with Gasteiger partial charge in [-0.05, 0) is 55.6 Å². The number of alkyl halides is 1. The van der Waals surface area contributed by atoms with Gasteiger partial charge in [-0.15, -0.1) is 0 Å². The van der Waals surface area contributed by atoms with Crippen LogP contribution in [0.4, 0.5) is 4.39 Å². The molecule has 0 bridgehead atoms. The van der Waals surface area contributed by atoms with E-state index in [0.29, 0.717) is 19.5 Å². The summed E-state index contributed by atoms with van der Waals surface area (Å²) in [5.74, 6) is 0.174. The van der Waals surface area contributed by atoms with Crippen molar-refractivity contribution >= 4 is 10.8 Å². The number of phenolic OH excluding ortho intramolecular Hbond substituents is 1. The second kappa shape index (κ2) is 8.59. The van der Waals surface area contributed by atoms with Gasteiger partial charge in [0.15, 0.2) is 0 Å². The first-order valence-corrected chi connectivity index (χ1v) is 9.93. The maximum atomic E-state index is 14.3. The summed E-state index contributed by atoms with van der Waals surface area (Å²) in [5, 5.41) is 9.36. The molecule has 5 heteroatoms. The Hall–Kier alpha value is -1.72. The molecule has 3 rings (SSSR count). The summed E-state index contributed by atoms with van der Waals surface area (Å²) in [5.41, 5.74) is 1.16. The van der Waals surface area contributed by atoms with E-state index in [9.17, 15) is 13.7 Å². The number of phenols is 1. The van der Waals surface area contributed by atoms with E-state index in [2.05, 4.69) is 4.90 Å². The Morgan fingerprint density at radius 1 is 1.16 bits per heavy atom. The van der Waals surface area contributed by atoms with Gasteiger partial charge < -0.3 is 5.11 Å². The van der Waals surface area contributed by atoms with E-state index in [1.54, 1.807) is 24.3 Å². The highest BCUT2D eigenvalue weighted by Gasteiger charge is 2.29. The van der Waals surface area contributed by atoms with Crippen LogP contribution in [0, 0.1) is 0 Å². The number of hydrogen-bond donors (Lipinski definition) is 1. The lowest BCUT2D eigenvalue weighted by Crippen LogP contribution is -2.30. The monoisotopic (exact) mass is 361 g/mol. The van der Waals surface area contributed by atoms with E-state index in [4.69, 9.17) is 0 Å². The molecule has 1 aliphatic rings. The van der Waals surface area contributed by atoms with E-state index in [-0.39, 0.29) is 11.0 Å². The van der Waals surface area contributed by atoms with E-state index >= 15 is 0 Å². The normalized spacial score (nSPS) is 20.4. The van der Waals surface area contributed by atoms with Gasteiger partial charge in [0.2, 0.25) is 0 Å². The number of halogens is 1. The number of rotatable bonds is 7. The van der Waals surface area contributed by atoms with Crippen LogP contribution in [0.15, 0.2) is 59.5 Å². The zero-order valence-electron chi connectivity index (χ0n) is 14.2. The second-order valence-corrected chi connectivity index (χ2v) is 8.32. The van der Waals surface area contributed by atoms with Crippen molar-refractivity contribution in [2.24, 2.45) is 0 Å². The van der Waals surface area contributed by atoms with Gasteiger partial charge in [0.25, 0.3) is 0 Å². The maximum absolute atomic E-state index is 14.3. The summed E-state index contributed by atoms with van der Waals surface area (Å²) in [6, 6.07) is 16.5. The molecule has 25 heavy (non-hydrogen) atoms. The number of hydrogen-bond acceptors (Lipinski definition) is 3. The lowest BCUT2D eigenvalue weighted by atomic mass is 10.1. The third kappa shape index (κ3) is 5.13. The molecular formula is C20H24FNO2S. The maximum Gasteiger partial charge on any atom is 0.115 e. The van der Waals surface area contributed by atoms with Crippen molar-refractivity contribution in [3.05, 3.63) is 60.2 Å². The van der Waals surface area contributed by atoms with Crippen LogP contribution in [-0.2, 0) is 17.2 Å². The summed E-state index contributed by atoms with van der Waals surface area (Å²) >= 11 is 0. The Morgan fingerprint density at radius 2 is 1.88 bits per heavy atom. The summed E-state index contributed by atoms with van der Waals surface area (Å²) in [4.78, 5) is 2.81. The fraction of sp³-hybridized carbons (Fsp3) is 0.400. The van der Waals surface area contributed by atoms with E-state index in [0.717, 1.165) is 29.8 Å². The average molecular weight is 361 g/mol. The van der Waals surface area contributed by atoms with Gasteiger partial charge in [-0.3, -0.25) is 9.11 Å². The molecule has 134 valence electrons. The molecule has 1 heterocycles. The molecule has 0 saturated carbocycles. The number of aromatic hydroxyl groups is 1. The molecule has 0 amide bonds. The van der Waals surface area contributed by atoms with Crippen LogP contribution < -0.4 is 0 Å². The van der Waals surface area contributed by atoms with Crippen LogP contribution in [0.3, 0.4) is 0 Å². The van der Waals surface area contributed by atoms with Gasteiger partial charge in [0, 0.05) is 18.0 Å². The van der Waals surface area contributed by atoms with Crippen LogP contribution in [-0.4, -0.2) is 45.3 Å². The quantitative estimate of drug-likeness (QED) is 0.820. The predicted octanol–water partition coefficient (Wildman–Crippen LogP) is 3.55. The summed E-state index contributed by atoms with van der Waals surface area (Å²) in [7, 11) is -1.11. The lowest BCUT2D eigenvalue weighted by molar-refractivity contribution is 0.211. The first-order chi connectivity index (χ1) is 12.1. The molecule has 1 fully saturated rings. The van der Waals surface area contributed by atoms with E-state index in [1.165, 1.54) is 0 Å². The second-order valence-electron chi connectivity index (χ2n) is 6.58. The molecule has 2 aromatic rings. The number of aryl methyl sites for hydroxylation is 1. The third-order valence-corrected chi connectivity index (χ3v) is 6.37.